The predicted molar refractivity (Wildman–Crippen MR) is 113 cm³/mol. The fraction of sp³-hybridized carbons (Fsp3) is 0.476. The number of likely N-dealkylation sites (tertiary alicyclic amines) is 1. The van der Waals surface area contributed by atoms with Crippen molar-refractivity contribution >= 4 is 27.5 Å². The Balaban J connectivity index is 1.31. The number of piperidine rings is 1. The summed E-state index contributed by atoms with van der Waals surface area (Å²) in [5, 5.41) is 3.13. The van der Waals surface area contributed by atoms with Crippen molar-refractivity contribution in [3.63, 3.8) is 0 Å². The minimum Gasteiger partial charge on any atom is -0.352 e. The van der Waals surface area contributed by atoms with E-state index in [1.54, 1.807) is 11.3 Å². The second kappa shape index (κ2) is 8.41. The Hall–Kier alpha value is -2.25. The highest BCUT2D eigenvalue weighted by molar-refractivity contribution is 7.16. The number of aryl methyl sites for hydroxylation is 2. The molecule has 1 amide bonds. The third kappa shape index (κ3) is 4.25. The lowest BCUT2D eigenvalue weighted by molar-refractivity contribution is 0.0930. The Morgan fingerprint density at radius 3 is 3.14 bits per heavy atom. The van der Waals surface area contributed by atoms with Gasteiger partial charge in [-0.3, -0.25) is 9.69 Å². The largest absolute Gasteiger partial charge is 0.352 e. The van der Waals surface area contributed by atoms with Crippen LogP contribution in [-0.4, -0.2) is 45.4 Å². The van der Waals surface area contributed by atoms with Gasteiger partial charge >= 0.3 is 0 Å². The summed E-state index contributed by atoms with van der Waals surface area (Å²) >= 11 is 1.56. The minimum absolute atomic E-state index is 0.00292. The molecule has 0 radical (unpaired) electrons. The molecule has 148 valence electrons. The normalized spacial score (nSPS) is 17.9. The number of aromatic amines is 1. The van der Waals surface area contributed by atoms with Gasteiger partial charge in [0.15, 0.2) is 0 Å². The number of amides is 1. The smallest absolute Gasteiger partial charge is 0.251 e. The van der Waals surface area contributed by atoms with E-state index in [9.17, 15) is 4.79 Å². The van der Waals surface area contributed by atoms with Crippen LogP contribution in [-0.2, 0) is 13.0 Å². The highest BCUT2D eigenvalue weighted by Crippen LogP contribution is 2.21. The van der Waals surface area contributed by atoms with E-state index in [0.717, 1.165) is 67.2 Å². The van der Waals surface area contributed by atoms with Crippen molar-refractivity contribution < 1.29 is 4.79 Å². The van der Waals surface area contributed by atoms with Gasteiger partial charge in [0.1, 0.15) is 5.82 Å². The Kier molecular flexibility index (Phi) is 5.73. The molecule has 0 saturated carbocycles. The first-order valence-corrected chi connectivity index (χ1v) is 10.9. The van der Waals surface area contributed by atoms with Crippen LogP contribution in [0.2, 0.25) is 0 Å². The van der Waals surface area contributed by atoms with Crippen molar-refractivity contribution in [3.8, 4) is 0 Å². The summed E-state index contributed by atoms with van der Waals surface area (Å²) in [6, 6.07) is 5.71. The van der Waals surface area contributed by atoms with Crippen molar-refractivity contribution in [1.82, 2.24) is 25.2 Å². The van der Waals surface area contributed by atoms with Crippen LogP contribution in [0.4, 0.5) is 0 Å². The number of nitrogens with one attached hydrogen (secondary N) is 2. The summed E-state index contributed by atoms with van der Waals surface area (Å²) in [4.78, 5) is 27.4. The number of carbonyl (C=O) groups excluding carboxylic acids is 1. The zero-order valence-corrected chi connectivity index (χ0v) is 17.3. The molecule has 1 aromatic carbocycles. The van der Waals surface area contributed by atoms with Gasteiger partial charge in [-0.15, -0.1) is 11.3 Å². The summed E-state index contributed by atoms with van der Waals surface area (Å²) in [7, 11) is 0. The van der Waals surface area contributed by atoms with E-state index in [0.29, 0.717) is 11.5 Å². The number of carbonyl (C=O) groups is 1. The van der Waals surface area contributed by atoms with E-state index in [4.69, 9.17) is 4.98 Å². The first-order chi connectivity index (χ1) is 13.6. The van der Waals surface area contributed by atoms with Crippen molar-refractivity contribution in [2.24, 2.45) is 5.92 Å². The number of hydrogen-bond acceptors (Lipinski definition) is 5. The lowest BCUT2D eigenvalue weighted by Gasteiger charge is -2.32. The quantitative estimate of drug-likeness (QED) is 0.667. The molecule has 3 heterocycles. The maximum atomic E-state index is 12.6. The van der Waals surface area contributed by atoms with Gasteiger partial charge in [0.2, 0.25) is 0 Å². The molecule has 1 atom stereocenters. The van der Waals surface area contributed by atoms with Crippen molar-refractivity contribution in [3.05, 3.63) is 46.5 Å². The van der Waals surface area contributed by atoms with Gasteiger partial charge in [-0.05, 0) is 50.4 Å². The van der Waals surface area contributed by atoms with E-state index in [1.807, 2.05) is 23.7 Å². The maximum Gasteiger partial charge on any atom is 0.251 e. The summed E-state index contributed by atoms with van der Waals surface area (Å²) in [6.45, 7) is 7.92. The summed E-state index contributed by atoms with van der Waals surface area (Å²) < 4.78 is 1.05. The van der Waals surface area contributed by atoms with E-state index in [-0.39, 0.29) is 5.91 Å². The second-order valence-electron chi connectivity index (χ2n) is 7.60. The number of H-pyrrole nitrogens is 1. The van der Waals surface area contributed by atoms with Crippen molar-refractivity contribution in [1.29, 1.82) is 0 Å². The SMILES string of the molecule is CCc1nc(CN2CCCC(CNC(=O)c3ccc4ncsc4c3)C2)c(C)[nH]1. The van der Waals surface area contributed by atoms with E-state index < -0.39 is 0 Å². The van der Waals surface area contributed by atoms with Crippen LogP contribution in [0.1, 0.15) is 47.3 Å². The first-order valence-electron chi connectivity index (χ1n) is 10.0. The van der Waals surface area contributed by atoms with Gasteiger partial charge in [-0.2, -0.15) is 0 Å². The van der Waals surface area contributed by atoms with Crippen molar-refractivity contribution in [2.45, 2.75) is 39.7 Å². The second-order valence-corrected chi connectivity index (χ2v) is 8.48. The molecular formula is C21H27N5OS. The van der Waals surface area contributed by atoms with Crippen LogP contribution >= 0.6 is 11.3 Å². The fourth-order valence-electron chi connectivity index (χ4n) is 3.89. The Morgan fingerprint density at radius 1 is 1.43 bits per heavy atom. The third-order valence-corrected chi connectivity index (χ3v) is 6.28. The molecule has 3 aromatic rings. The molecule has 2 aromatic heterocycles. The van der Waals surface area contributed by atoms with Gasteiger partial charge in [-0.25, -0.2) is 9.97 Å². The molecule has 1 unspecified atom stereocenters. The zero-order valence-electron chi connectivity index (χ0n) is 16.5. The number of rotatable bonds is 6. The Morgan fingerprint density at radius 2 is 2.32 bits per heavy atom. The van der Waals surface area contributed by atoms with Crippen LogP contribution in [0.15, 0.2) is 23.7 Å². The molecule has 28 heavy (non-hydrogen) atoms. The lowest BCUT2D eigenvalue weighted by atomic mass is 9.97. The molecule has 4 rings (SSSR count). The van der Waals surface area contributed by atoms with Gasteiger partial charge < -0.3 is 10.3 Å². The van der Waals surface area contributed by atoms with Crippen LogP contribution in [0.25, 0.3) is 10.2 Å². The zero-order chi connectivity index (χ0) is 19.5. The van der Waals surface area contributed by atoms with Crippen LogP contribution in [0.3, 0.4) is 0 Å². The summed E-state index contributed by atoms with van der Waals surface area (Å²) in [5.41, 5.74) is 5.80. The van der Waals surface area contributed by atoms with Gasteiger partial charge in [0.05, 0.1) is 21.4 Å². The number of benzene rings is 1. The Labute approximate surface area is 169 Å². The van der Waals surface area contributed by atoms with E-state index >= 15 is 0 Å². The molecular weight excluding hydrogens is 370 g/mol. The predicted octanol–water partition coefficient (Wildman–Crippen LogP) is 3.53. The average Bonchev–Trinajstić information content (AvgIpc) is 3.32. The monoisotopic (exact) mass is 397 g/mol. The topological polar surface area (TPSA) is 73.9 Å². The number of hydrogen-bond donors (Lipinski definition) is 2. The molecule has 0 aliphatic carbocycles. The fourth-order valence-corrected chi connectivity index (χ4v) is 4.61. The van der Waals surface area contributed by atoms with E-state index in [2.05, 4.69) is 34.0 Å². The maximum absolute atomic E-state index is 12.6. The van der Waals surface area contributed by atoms with Crippen LogP contribution < -0.4 is 5.32 Å². The van der Waals surface area contributed by atoms with Gasteiger partial charge in [0.25, 0.3) is 5.91 Å². The van der Waals surface area contributed by atoms with Gasteiger partial charge in [-0.1, -0.05) is 6.92 Å². The van der Waals surface area contributed by atoms with E-state index in [1.165, 1.54) is 5.69 Å². The first kappa shape index (κ1) is 19.1. The third-order valence-electron chi connectivity index (χ3n) is 5.49. The number of thiazole rings is 1. The molecule has 0 bridgehead atoms. The van der Waals surface area contributed by atoms with Crippen LogP contribution in [0.5, 0.6) is 0 Å². The number of nitrogens with zero attached hydrogens (tertiary/aromatic N) is 3. The molecule has 1 aliphatic heterocycles. The lowest BCUT2D eigenvalue weighted by Crippen LogP contribution is -2.40. The number of aromatic nitrogens is 3. The Bertz CT molecular complexity index is 963. The molecule has 7 heteroatoms. The molecule has 0 spiro atoms. The van der Waals surface area contributed by atoms with Crippen LogP contribution in [0, 0.1) is 12.8 Å². The van der Waals surface area contributed by atoms with Crippen molar-refractivity contribution in [2.75, 3.05) is 19.6 Å². The molecule has 1 fully saturated rings. The highest BCUT2D eigenvalue weighted by Gasteiger charge is 2.22. The molecule has 1 aliphatic rings. The number of fused-ring (bicyclic) bond motifs is 1. The molecule has 6 nitrogen and oxygen atoms in total. The highest BCUT2D eigenvalue weighted by atomic mass is 32.1. The summed E-state index contributed by atoms with van der Waals surface area (Å²) in [5.74, 6) is 1.55. The van der Waals surface area contributed by atoms with Gasteiger partial charge in [0, 0.05) is 37.3 Å². The molecule has 1 saturated heterocycles. The molecule has 2 N–H and O–H groups in total. The average molecular weight is 398 g/mol. The summed E-state index contributed by atoms with van der Waals surface area (Å²) in [6.07, 6.45) is 3.25. The number of imidazole rings is 1. The standard InChI is InChI=1S/C21H27N5OS/c1-3-20-24-14(2)18(25-20)12-26-8-4-5-15(11-26)10-22-21(27)16-6-7-17-19(9-16)28-13-23-17/h6-7,9,13,15H,3-5,8,10-12H2,1-2H3,(H,22,27)(H,24,25). The minimum atomic E-state index is 0.00292.